The van der Waals surface area contributed by atoms with Crippen LogP contribution in [0.3, 0.4) is 0 Å². The van der Waals surface area contributed by atoms with Gasteiger partial charge < -0.3 is 10.3 Å². The quantitative estimate of drug-likeness (QED) is 0.758. The first-order valence-electron chi connectivity index (χ1n) is 5.22. The van der Waals surface area contributed by atoms with Crippen LogP contribution in [0.1, 0.15) is 5.69 Å². The minimum absolute atomic E-state index is 0.419. The van der Waals surface area contributed by atoms with Crippen molar-refractivity contribution in [1.29, 1.82) is 0 Å². The number of hydrogen-bond acceptors (Lipinski definition) is 7. The van der Waals surface area contributed by atoms with Gasteiger partial charge in [0.25, 0.3) is 5.89 Å². The highest BCUT2D eigenvalue weighted by atomic mass is 32.1. The summed E-state index contributed by atoms with van der Waals surface area (Å²) in [7, 11) is 0. The molecule has 0 spiro atoms. The van der Waals surface area contributed by atoms with Gasteiger partial charge in [0.15, 0.2) is 5.13 Å². The molecule has 0 radical (unpaired) electrons. The lowest BCUT2D eigenvalue weighted by atomic mass is 10.3. The SMILES string of the molecule is Cc1nc(N)sc1-c1nc(-c2ccccn2)no1. The van der Waals surface area contributed by atoms with Gasteiger partial charge in [-0.05, 0) is 19.1 Å². The summed E-state index contributed by atoms with van der Waals surface area (Å²) < 4.78 is 5.21. The molecule has 0 atom stereocenters. The van der Waals surface area contributed by atoms with Crippen molar-refractivity contribution in [3.8, 4) is 22.3 Å². The zero-order chi connectivity index (χ0) is 12.5. The number of rotatable bonds is 2. The Morgan fingerprint density at radius 2 is 2.17 bits per heavy atom. The second-order valence-electron chi connectivity index (χ2n) is 3.60. The van der Waals surface area contributed by atoms with Crippen molar-refractivity contribution in [3.63, 3.8) is 0 Å². The fourth-order valence-corrected chi connectivity index (χ4v) is 2.29. The first-order valence-corrected chi connectivity index (χ1v) is 6.04. The summed E-state index contributed by atoms with van der Waals surface area (Å²) in [6.07, 6.45) is 1.68. The van der Waals surface area contributed by atoms with Crippen LogP contribution in [0, 0.1) is 6.92 Å². The Bertz CT molecular complexity index is 676. The molecule has 0 saturated heterocycles. The number of aromatic nitrogens is 4. The molecule has 2 N–H and O–H groups in total. The number of anilines is 1. The highest BCUT2D eigenvalue weighted by Gasteiger charge is 2.16. The van der Waals surface area contributed by atoms with E-state index in [2.05, 4.69) is 20.1 Å². The van der Waals surface area contributed by atoms with Crippen molar-refractivity contribution in [2.24, 2.45) is 0 Å². The minimum atomic E-state index is 0.419. The molecule has 0 unspecified atom stereocenters. The fourth-order valence-electron chi connectivity index (χ4n) is 1.53. The highest BCUT2D eigenvalue weighted by molar-refractivity contribution is 7.18. The van der Waals surface area contributed by atoms with Crippen molar-refractivity contribution in [2.75, 3.05) is 5.73 Å². The van der Waals surface area contributed by atoms with Gasteiger partial charge in [-0.3, -0.25) is 4.98 Å². The largest absolute Gasteiger partial charge is 0.375 e. The first kappa shape index (κ1) is 10.8. The van der Waals surface area contributed by atoms with Crippen LogP contribution in [-0.2, 0) is 0 Å². The van der Waals surface area contributed by atoms with Crippen molar-refractivity contribution in [3.05, 3.63) is 30.1 Å². The van der Waals surface area contributed by atoms with Gasteiger partial charge in [-0.2, -0.15) is 4.98 Å². The minimum Gasteiger partial charge on any atom is -0.375 e. The predicted octanol–water partition coefficient (Wildman–Crippen LogP) is 2.15. The Morgan fingerprint density at radius 1 is 1.28 bits per heavy atom. The number of hydrogen-bond donors (Lipinski definition) is 1. The Morgan fingerprint density at radius 3 is 2.83 bits per heavy atom. The number of pyridine rings is 1. The summed E-state index contributed by atoms with van der Waals surface area (Å²) in [5.41, 5.74) is 7.09. The van der Waals surface area contributed by atoms with Crippen LogP contribution >= 0.6 is 11.3 Å². The number of nitrogens with two attached hydrogens (primary N) is 1. The second kappa shape index (κ2) is 4.19. The van der Waals surface area contributed by atoms with Crippen LogP contribution in [0.5, 0.6) is 0 Å². The van der Waals surface area contributed by atoms with E-state index < -0.39 is 0 Å². The van der Waals surface area contributed by atoms with Crippen LogP contribution in [0.25, 0.3) is 22.3 Å². The summed E-state index contributed by atoms with van der Waals surface area (Å²) in [5.74, 6) is 0.874. The maximum absolute atomic E-state index is 5.64. The molecule has 7 heteroatoms. The van der Waals surface area contributed by atoms with Gasteiger partial charge in [-0.25, -0.2) is 4.98 Å². The van der Waals surface area contributed by atoms with Crippen LogP contribution in [0.2, 0.25) is 0 Å². The number of thiazole rings is 1. The first-order chi connectivity index (χ1) is 8.74. The molecule has 0 amide bonds. The Balaban J connectivity index is 2.02. The van der Waals surface area contributed by atoms with Gasteiger partial charge in [0.05, 0.1) is 5.69 Å². The van der Waals surface area contributed by atoms with E-state index in [4.69, 9.17) is 10.3 Å². The van der Waals surface area contributed by atoms with Crippen molar-refractivity contribution in [2.45, 2.75) is 6.92 Å². The maximum atomic E-state index is 5.64. The van der Waals surface area contributed by atoms with Crippen LogP contribution in [0.4, 0.5) is 5.13 Å². The number of aryl methyl sites for hydroxylation is 1. The Hall–Kier alpha value is -2.28. The van der Waals surface area contributed by atoms with Crippen LogP contribution < -0.4 is 5.73 Å². The Labute approximate surface area is 107 Å². The molecule has 0 aliphatic rings. The molecule has 0 bridgehead atoms. The van der Waals surface area contributed by atoms with Gasteiger partial charge in [-0.15, -0.1) is 0 Å². The molecule has 0 fully saturated rings. The van der Waals surface area contributed by atoms with E-state index in [0.29, 0.717) is 22.5 Å². The van der Waals surface area contributed by atoms with E-state index in [-0.39, 0.29) is 0 Å². The monoisotopic (exact) mass is 259 g/mol. The Kier molecular flexibility index (Phi) is 2.52. The molecule has 3 rings (SSSR count). The number of nitrogen functional groups attached to an aromatic ring is 1. The van der Waals surface area contributed by atoms with Crippen molar-refractivity contribution in [1.82, 2.24) is 20.1 Å². The van der Waals surface area contributed by atoms with E-state index in [1.54, 1.807) is 6.20 Å². The molecule has 6 nitrogen and oxygen atoms in total. The summed E-state index contributed by atoms with van der Waals surface area (Å²) >= 11 is 1.33. The van der Waals surface area contributed by atoms with Crippen molar-refractivity contribution >= 4 is 16.5 Å². The summed E-state index contributed by atoms with van der Waals surface area (Å²) in [6, 6.07) is 5.52. The third kappa shape index (κ3) is 1.84. The third-order valence-corrected chi connectivity index (χ3v) is 3.30. The lowest BCUT2D eigenvalue weighted by Gasteiger charge is -1.89. The normalized spacial score (nSPS) is 10.7. The molecule has 18 heavy (non-hydrogen) atoms. The van der Waals surface area contributed by atoms with E-state index in [1.807, 2.05) is 25.1 Å². The van der Waals surface area contributed by atoms with E-state index in [9.17, 15) is 0 Å². The lowest BCUT2D eigenvalue weighted by molar-refractivity contribution is 0.432. The van der Waals surface area contributed by atoms with Gasteiger partial charge in [-0.1, -0.05) is 22.6 Å². The standard InChI is InChI=1S/C11H9N5OS/c1-6-8(18-11(12)14-6)10-15-9(16-17-10)7-4-2-3-5-13-7/h2-5H,1H3,(H2,12,14). The molecule has 0 aromatic carbocycles. The molecule has 0 aliphatic heterocycles. The summed E-state index contributed by atoms with van der Waals surface area (Å²) in [6.45, 7) is 1.85. The van der Waals surface area contributed by atoms with E-state index in [1.165, 1.54) is 11.3 Å². The fraction of sp³-hybridized carbons (Fsp3) is 0.0909. The van der Waals surface area contributed by atoms with Gasteiger partial charge in [0, 0.05) is 6.20 Å². The molecular formula is C11H9N5OS. The molecule has 0 aliphatic carbocycles. The predicted molar refractivity (Wildman–Crippen MR) is 67.8 cm³/mol. The van der Waals surface area contributed by atoms with Crippen molar-refractivity contribution < 1.29 is 4.52 Å². The van der Waals surface area contributed by atoms with Crippen LogP contribution in [-0.4, -0.2) is 20.1 Å². The van der Waals surface area contributed by atoms with Gasteiger partial charge in [0.2, 0.25) is 5.82 Å². The molecule has 3 aromatic rings. The topological polar surface area (TPSA) is 90.7 Å². The molecule has 0 saturated carbocycles. The van der Waals surface area contributed by atoms with E-state index >= 15 is 0 Å². The second-order valence-corrected chi connectivity index (χ2v) is 4.64. The zero-order valence-corrected chi connectivity index (χ0v) is 10.3. The average Bonchev–Trinajstić information content (AvgIpc) is 2.97. The van der Waals surface area contributed by atoms with Crippen LogP contribution in [0.15, 0.2) is 28.9 Å². The maximum Gasteiger partial charge on any atom is 0.270 e. The molecule has 3 heterocycles. The summed E-state index contributed by atoms with van der Waals surface area (Å²) in [4.78, 5) is 13.4. The van der Waals surface area contributed by atoms with Gasteiger partial charge >= 0.3 is 0 Å². The number of nitrogens with zero attached hydrogens (tertiary/aromatic N) is 4. The average molecular weight is 259 g/mol. The highest BCUT2D eigenvalue weighted by Crippen LogP contribution is 2.30. The zero-order valence-electron chi connectivity index (χ0n) is 9.49. The molecule has 90 valence electrons. The van der Waals surface area contributed by atoms with E-state index in [0.717, 1.165) is 10.6 Å². The lowest BCUT2D eigenvalue weighted by Crippen LogP contribution is -1.84. The molecular weight excluding hydrogens is 250 g/mol. The van der Waals surface area contributed by atoms with Gasteiger partial charge in [0.1, 0.15) is 10.6 Å². The molecule has 3 aromatic heterocycles. The summed E-state index contributed by atoms with van der Waals surface area (Å²) in [5, 5.41) is 4.39. The smallest absolute Gasteiger partial charge is 0.270 e. The third-order valence-electron chi connectivity index (χ3n) is 2.33.